The molecule has 0 bridgehead atoms. The lowest BCUT2D eigenvalue weighted by Gasteiger charge is -2.42. The van der Waals surface area contributed by atoms with Crippen molar-refractivity contribution in [2.75, 3.05) is 19.7 Å². The van der Waals surface area contributed by atoms with E-state index in [0.717, 1.165) is 37.9 Å². The third-order valence-corrected chi connectivity index (χ3v) is 5.18. The number of aliphatic hydroxyl groups excluding tert-OH is 1. The maximum Gasteiger partial charge on any atom is 0.237 e. The number of aliphatic hydroxyl groups is 1. The zero-order valence-corrected chi connectivity index (χ0v) is 13.7. The van der Waals surface area contributed by atoms with Gasteiger partial charge in [0.25, 0.3) is 0 Å². The first-order valence-corrected chi connectivity index (χ1v) is 8.27. The Morgan fingerprint density at radius 3 is 2.50 bits per heavy atom. The van der Waals surface area contributed by atoms with E-state index >= 15 is 0 Å². The fraction of sp³-hybridized carbons (Fsp3) is 0.611. The van der Waals surface area contributed by atoms with E-state index in [9.17, 15) is 9.90 Å². The van der Waals surface area contributed by atoms with Crippen LogP contribution in [0.3, 0.4) is 0 Å². The lowest BCUT2D eigenvalue weighted by Crippen LogP contribution is -2.50. The van der Waals surface area contributed by atoms with Crippen LogP contribution in [0.1, 0.15) is 38.7 Å². The summed E-state index contributed by atoms with van der Waals surface area (Å²) in [7, 11) is 0. The number of nitrogens with one attached hydrogen (secondary N) is 1. The Hall–Kier alpha value is -1.39. The summed E-state index contributed by atoms with van der Waals surface area (Å²) in [5.74, 6) is 0.0804. The summed E-state index contributed by atoms with van der Waals surface area (Å²) in [6.45, 7) is 6.71. The summed E-state index contributed by atoms with van der Waals surface area (Å²) in [4.78, 5) is 14.5. The van der Waals surface area contributed by atoms with Crippen molar-refractivity contribution in [1.82, 2.24) is 10.2 Å². The van der Waals surface area contributed by atoms with Gasteiger partial charge in [0.2, 0.25) is 5.91 Å². The maximum atomic E-state index is 12.3. The fourth-order valence-corrected chi connectivity index (χ4v) is 3.11. The van der Waals surface area contributed by atoms with Crippen molar-refractivity contribution in [2.45, 2.75) is 45.7 Å². The van der Waals surface area contributed by atoms with Gasteiger partial charge in [-0.2, -0.15) is 0 Å². The van der Waals surface area contributed by atoms with Crippen LogP contribution >= 0.6 is 0 Å². The van der Waals surface area contributed by atoms with Crippen molar-refractivity contribution in [3.63, 3.8) is 0 Å². The Kier molecular flexibility index (Phi) is 5.98. The smallest absolute Gasteiger partial charge is 0.237 e. The van der Waals surface area contributed by atoms with Crippen LogP contribution in [0.2, 0.25) is 0 Å². The molecule has 0 aliphatic carbocycles. The number of benzene rings is 1. The number of hydrogen-bond donors (Lipinski definition) is 2. The fourth-order valence-electron chi connectivity index (χ4n) is 3.11. The van der Waals surface area contributed by atoms with Crippen molar-refractivity contribution in [2.24, 2.45) is 5.41 Å². The highest BCUT2D eigenvalue weighted by Crippen LogP contribution is 2.34. The van der Waals surface area contributed by atoms with Crippen LogP contribution in [0.4, 0.5) is 0 Å². The molecule has 1 aliphatic rings. The Morgan fingerprint density at radius 2 is 1.95 bits per heavy atom. The first-order valence-electron chi connectivity index (χ1n) is 8.27. The Bertz CT molecular complexity index is 461. The second-order valence-electron chi connectivity index (χ2n) is 6.43. The largest absolute Gasteiger partial charge is 0.396 e. The lowest BCUT2D eigenvalue weighted by molar-refractivity contribution is -0.127. The van der Waals surface area contributed by atoms with Crippen LogP contribution in [0.25, 0.3) is 0 Å². The predicted octanol–water partition coefficient (Wildman–Crippen LogP) is 2.18. The number of amides is 1. The van der Waals surface area contributed by atoms with Gasteiger partial charge in [-0.15, -0.1) is 0 Å². The van der Waals surface area contributed by atoms with E-state index in [4.69, 9.17) is 0 Å². The number of hydrogen-bond acceptors (Lipinski definition) is 3. The van der Waals surface area contributed by atoms with Crippen LogP contribution in [0.15, 0.2) is 30.3 Å². The molecule has 1 aromatic carbocycles. The molecule has 1 aromatic rings. The molecular weight excluding hydrogens is 276 g/mol. The van der Waals surface area contributed by atoms with Gasteiger partial charge in [0.05, 0.1) is 6.04 Å². The quantitative estimate of drug-likeness (QED) is 0.847. The summed E-state index contributed by atoms with van der Waals surface area (Å²) in [6.07, 6.45) is 2.94. The molecule has 1 heterocycles. The lowest BCUT2D eigenvalue weighted by atomic mass is 9.76. The van der Waals surface area contributed by atoms with E-state index in [1.165, 1.54) is 0 Å². The minimum absolute atomic E-state index is 0.0662. The first-order chi connectivity index (χ1) is 10.6. The average Bonchev–Trinajstić information content (AvgIpc) is 2.60. The topological polar surface area (TPSA) is 52.6 Å². The highest BCUT2D eigenvalue weighted by atomic mass is 16.3. The molecular formula is C18H28N2O2. The zero-order chi connectivity index (χ0) is 16.0. The van der Waals surface area contributed by atoms with Crippen molar-refractivity contribution in [3.8, 4) is 0 Å². The maximum absolute atomic E-state index is 12.3. The second-order valence-corrected chi connectivity index (χ2v) is 6.43. The Balaban J connectivity index is 1.82. The molecule has 1 unspecified atom stereocenters. The van der Waals surface area contributed by atoms with Crippen LogP contribution < -0.4 is 5.32 Å². The van der Waals surface area contributed by atoms with E-state index in [1.54, 1.807) is 0 Å². The molecule has 0 spiro atoms. The number of likely N-dealkylation sites (tertiary alicyclic amines) is 1. The molecule has 4 nitrogen and oxygen atoms in total. The summed E-state index contributed by atoms with van der Waals surface area (Å²) >= 11 is 0. The highest BCUT2D eigenvalue weighted by Gasteiger charge is 2.35. The molecule has 122 valence electrons. The van der Waals surface area contributed by atoms with Gasteiger partial charge in [-0.1, -0.05) is 37.3 Å². The van der Waals surface area contributed by atoms with Crippen LogP contribution in [0.5, 0.6) is 0 Å². The van der Waals surface area contributed by atoms with Gasteiger partial charge in [-0.05, 0) is 50.3 Å². The van der Waals surface area contributed by atoms with Gasteiger partial charge in [0.15, 0.2) is 0 Å². The number of carbonyl (C=O) groups excluding carboxylic acids is 1. The monoisotopic (exact) mass is 304 g/mol. The number of carbonyl (C=O) groups is 1. The number of piperidine rings is 1. The average molecular weight is 304 g/mol. The molecule has 2 rings (SSSR count). The number of nitrogens with zero attached hydrogens (tertiary/aromatic N) is 1. The molecule has 1 fully saturated rings. The molecule has 1 amide bonds. The molecule has 22 heavy (non-hydrogen) atoms. The predicted molar refractivity (Wildman–Crippen MR) is 88.4 cm³/mol. The van der Waals surface area contributed by atoms with Crippen molar-refractivity contribution in [1.29, 1.82) is 0 Å². The Morgan fingerprint density at radius 1 is 1.32 bits per heavy atom. The normalized spacial score (nSPS) is 19.6. The first kappa shape index (κ1) is 17.0. The van der Waals surface area contributed by atoms with Crippen LogP contribution in [-0.4, -0.2) is 41.7 Å². The molecule has 1 aliphatic heterocycles. The second kappa shape index (κ2) is 7.75. The van der Waals surface area contributed by atoms with Gasteiger partial charge < -0.3 is 10.4 Å². The third kappa shape index (κ3) is 4.08. The van der Waals surface area contributed by atoms with Crippen LogP contribution in [-0.2, 0) is 11.3 Å². The Labute approximate surface area is 133 Å². The van der Waals surface area contributed by atoms with Gasteiger partial charge >= 0.3 is 0 Å². The van der Waals surface area contributed by atoms with Crippen molar-refractivity contribution < 1.29 is 9.90 Å². The van der Waals surface area contributed by atoms with E-state index in [-0.39, 0.29) is 24.0 Å². The summed E-state index contributed by atoms with van der Waals surface area (Å²) in [5, 5.41) is 12.6. The van der Waals surface area contributed by atoms with Gasteiger partial charge in [0.1, 0.15) is 0 Å². The highest BCUT2D eigenvalue weighted by molar-refractivity contribution is 5.81. The van der Waals surface area contributed by atoms with Crippen molar-refractivity contribution in [3.05, 3.63) is 35.9 Å². The zero-order valence-electron chi connectivity index (χ0n) is 13.7. The SMILES string of the molecule is CCC1(CO)CCN(C(C)C(=O)NCc2ccccc2)CC1. The molecule has 4 heteroatoms. The third-order valence-electron chi connectivity index (χ3n) is 5.18. The number of rotatable bonds is 6. The summed E-state index contributed by atoms with van der Waals surface area (Å²) < 4.78 is 0. The van der Waals surface area contributed by atoms with E-state index < -0.39 is 0 Å². The molecule has 1 atom stereocenters. The van der Waals surface area contributed by atoms with E-state index in [1.807, 2.05) is 37.3 Å². The van der Waals surface area contributed by atoms with Gasteiger partial charge in [0, 0.05) is 13.2 Å². The van der Waals surface area contributed by atoms with Crippen molar-refractivity contribution >= 4 is 5.91 Å². The standard InChI is InChI=1S/C18H28N2O2/c1-3-18(14-21)9-11-20(12-10-18)15(2)17(22)19-13-16-7-5-4-6-8-16/h4-8,15,21H,3,9-14H2,1-2H3,(H,19,22). The summed E-state index contributed by atoms with van der Waals surface area (Å²) in [5.41, 5.74) is 1.18. The molecule has 0 saturated carbocycles. The minimum Gasteiger partial charge on any atom is -0.396 e. The minimum atomic E-state index is -0.114. The van der Waals surface area contributed by atoms with Gasteiger partial charge in [-0.3, -0.25) is 9.69 Å². The molecule has 2 N–H and O–H groups in total. The van der Waals surface area contributed by atoms with E-state index in [0.29, 0.717) is 6.54 Å². The molecule has 0 radical (unpaired) electrons. The molecule has 1 saturated heterocycles. The molecule has 0 aromatic heterocycles. The summed E-state index contributed by atoms with van der Waals surface area (Å²) in [6, 6.07) is 9.86. The van der Waals surface area contributed by atoms with E-state index in [2.05, 4.69) is 17.1 Å². The van der Waals surface area contributed by atoms with Gasteiger partial charge in [-0.25, -0.2) is 0 Å². The van der Waals surface area contributed by atoms with Crippen LogP contribution in [0, 0.1) is 5.41 Å².